The molecule has 0 saturated heterocycles. The van der Waals surface area contributed by atoms with Gasteiger partial charge in [0.2, 0.25) is 10.0 Å². The lowest BCUT2D eigenvalue weighted by Crippen LogP contribution is -2.32. The first-order valence-corrected chi connectivity index (χ1v) is 6.75. The van der Waals surface area contributed by atoms with Crippen LogP contribution in [0.1, 0.15) is 20.3 Å². The molecule has 0 aromatic carbocycles. The summed E-state index contributed by atoms with van der Waals surface area (Å²) in [5.74, 6) is -1.73. The van der Waals surface area contributed by atoms with Gasteiger partial charge in [-0.15, -0.1) is 0 Å². The third kappa shape index (κ3) is 9.88. The van der Waals surface area contributed by atoms with Crippen molar-refractivity contribution in [2.75, 3.05) is 25.5 Å². The Morgan fingerprint density at radius 1 is 1.38 bits per heavy atom. The van der Waals surface area contributed by atoms with Crippen LogP contribution in [-0.4, -0.2) is 45.0 Å². The van der Waals surface area contributed by atoms with Crippen molar-refractivity contribution in [2.45, 2.75) is 20.3 Å². The van der Waals surface area contributed by atoms with Gasteiger partial charge in [0.25, 0.3) is 0 Å². The highest BCUT2D eigenvalue weighted by atomic mass is 32.2. The van der Waals surface area contributed by atoms with E-state index in [4.69, 9.17) is 9.84 Å². The zero-order chi connectivity index (χ0) is 12.6. The van der Waals surface area contributed by atoms with Gasteiger partial charge in [-0.3, -0.25) is 4.79 Å². The van der Waals surface area contributed by atoms with Crippen LogP contribution in [0.3, 0.4) is 0 Å². The van der Waals surface area contributed by atoms with Gasteiger partial charge in [-0.1, -0.05) is 13.8 Å². The Labute approximate surface area is 96.0 Å². The number of nitrogens with one attached hydrogen (secondary N) is 1. The summed E-state index contributed by atoms with van der Waals surface area (Å²) in [6.07, 6.45) is 0.919. The van der Waals surface area contributed by atoms with Crippen LogP contribution in [0.15, 0.2) is 0 Å². The van der Waals surface area contributed by atoms with Gasteiger partial charge in [0, 0.05) is 13.2 Å². The van der Waals surface area contributed by atoms with E-state index in [2.05, 4.69) is 18.6 Å². The number of sulfonamides is 1. The molecule has 0 heterocycles. The average molecular weight is 253 g/mol. The third-order valence-electron chi connectivity index (χ3n) is 1.72. The van der Waals surface area contributed by atoms with Gasteiger partial charge in [0.1, 0.15) is 0 Å². The van der Waals surface area contributed by atoms with Crippen LogP contribution < -0.4 is 4.72 Å². The van der Waals surface area contributed by atoms with Gasteiger partial charge >= 0.3 is 5.97 Å². The number of ether oxygens (including phenoxy) is 1. The van der Waals surface area contributed by atoms with E-state index >= 15 is 0 Å². The first-order valence-electron chi connectivity index (χ1n) is 5.10. The van der Waals surface area contributed by atoms with Crippen molar-refractivity contribution >= 4 is 16.0 Å². The second-order valence-corrected chi connectivity index (χ2v) is 5.65. The molecule has 0 aliphatic carbocycles. The second-order valence-electron chi connectivity index (χ2n) is 3.84. The quantitative estimate of drug-likeness (QED) is 0.566. The van der Waals surface area contributed by atoms with E-state index in [0.717, 1.165) is 6.42 Å². The van der Waals surface area contributed by atoms with Crippen molar-refractivity contribution in [1.82, 2.24) is 4.72 Å². The number of aliphatic carboxylic acids is 1. The van der Waals surface area contributed by atoms with Crippen LogP contribution in [-0.2, 0) is 19.6 Å². The first-order chi connectivity index (χ1) is 7.33. The minimum Gasteiger partial charge on any atom is -0.480 e. The summed E-state index contributed by atoms with van der Waals surface area (Å²) < 4.78 is 29.4. The number of hydrogen-bond acceptors (Lipinski definition) is 4. The molecule has 0 amide bonds. The molecule has 0 aromatic heterocycles. The Balaban J connectivity index is 3.55. The molecule has 0 saturated carbocycles. The fourth-order valence-corrected chi connectivity index (χ4v) is 1.73. The highest BCUT2D eigenvalue weighted by molar-refractivity contribution is 7.90. The third-order valence-corrected chi connectivity index (χ3v) is 2.99. The van der Waals surface area contributed by atoms with E-state index in [-0.39, 0.29) is 13.2 Å². The minimum absolute atomic E-state index is 0.105. The number of rotatable bonds is 9. The Morgan fingerprint density at radius 2 is 2.00 bits per heavy atom. The molecule has 0 unspecified atom stereocenters. The van der Waals surface area contributed by atoms with Gasteiger partial charge in [0.05, 0.1) is 6.61 Å². The predicted octanol–water partition coefficient (Wildman–Crippen LogP) is 0.0531. The van der Waals surface area contributed by atoms with Gasteiger partial charge in [-0.25, -0.2) is 13.1 Å². The van der Waals surface area contributed by atoms with Crippen LogP contribution >= 0.6 is 0 Å². The van der Waals surface area contributed by atoms with Crippen molar-refractivity contribution < 1.29 is 23.1 Å². The van der Waals surface area contributed by atoms with Crippen LogP contribution in [0.2, 0.25) is 0 Å². The first kappa shape index (κ1) is 15.3. The summed E-state index contributed by atoms with van der Waals surface area (Å²) in [6.45, 7) is 5.08. The predicted molar refractivity (Wildman–Crippen MR) is 59.7 cm³/mol. The SMILES string of the molecule is CC(C)CCOCCNS(=O)(=O)CC(=O)O. The summed E-state index contributed by atoms with van der Waals surface area (Å²) in [5.41, 5.74) is 0. The fraction of sp³-hybridized carbons (Fsp3) is 0.889. The van der Waals surface area contributed by atoms with Crippen molar-refractivity contribution in [3.8, 4) is 0 Å². The van der Waals surface area contributed by atoms with Crippen molar-refractivity contribution in [2.24, 2.45) is 5.92 Å². The van der Waals surface area contributed by atoms with Gasteiger partial charge < -0.3 is 9.84 Å². The number of hydrogen-bond donors (Lipinski definition) is 2. The maximum Gasteiger partial charge on any atom is 0.320 e. The van der Waals surface area contributed by atoms with E-state index in [1.165, 1.54) is 0 Å². The number of carbonyl (C=O) groups is 1. The summed E-state index contributed by atoms with van der Waals surface area (Å²) in [7, 11) is -3.71. The molecule has 2 N–H and O–H groups in total. The molecule has 16 heavy (non-hydrogen) atoms. The van der Waals surface area contributed by atoms with E-state index in [9.17, 15) is 13.2 Å². The van der Waals surface area contributed by atoms with Gasteiger partial charge in [0.15, 0.2) is 5.75 Å². The Morgan fingerprint density at radius 3 is 2.50 bits per heavy atom. The average Bonchev–Trinajstić information content (AvgIpc) is 2.08. The van der Waals surface area contributed by atoms with Gasteiger partial charge in [-0.2, -0.15) is 0 Å². The molecule has 0 fully saturated rings. The maximum absolute atomic E-state index is 11.0. The Hall–Kier alpha value is -0.660. The molecule has 0 radical (unpaired) electrons. The molecular weight excluding hydrogens is 234 g/mol. The Kier molecular flexibility index (Phi) is 7.27. The second kappa shape index (κ2) is 7.59. The normalized spacial score (nSPS) is 11.9. The summed E-state index contributed by atoms with van der Waals surface area (Å²) in [4.78, 5) is 10.2. The van der Waals surface area contributed by atoms with Crippen LogP contribution in [0.25, 0.3) is 0 Å². The van der Waals surface area contributed by atoms with E-state index in [1.54, 1.807) is 0 Å². The molecule has 6 nitrogen and oxygen atoms in total. The summed E-state index contributed by atoms with van der Waals surface area (Å²) in [6, 6.07) is 0. The van der Waals surface area contributed by atoms with Crippen molar-refractivity contribution in [1.29, 1.82) is 0 Å². The van der Waals surface area contributed by atoms with Crippen molar-refractivity contribution in [3.63, 3.8) is 0 Å². The Bertz CT molecular complexity index is 299. The smallest absolute Gasteiger partial charge is 0.320 e. The van der Waals surface area contributed by atoms with Crippen LogP contribution in [0.5, 0.6) is 0 Å². The van der Waals surface area contributed by atoms with Crippen LogP contribution in [0.4, 0.5) is 0 Å². The van der Waals surface area contributed by atoms with E-state index < -0.39 is 21.7 Å². The largest absolute Gasteiger partial charge is 0.480 e. The molecule has 0 bridgehead atoms. The standard InChI is InChI=1S/C9H19NO5S/c1-8(2)3-5-15-6-4-10-16(13,14)7-9(11)12/h8,10H,3-7H2,1-2H3,(H,11,12). The lowest BCUT2D eigenvalue weighted by molar-refractivity contribution is -0.134. The van der Waals surface area contributed by atoms with Gasteiger partial charge in [-0.05, 0) is 12.3 Å². The summed E-state index contributed by atoms with van der Waals surface area (Å²) in [5, 5.41) is 8.30. The molecule has 0 rings (SSSR count). The molecule has 7 heteroatoms. The maximum atomic E-state index is 11.0. The highest BCUT2D eigenvalue weighted by Crippen LogP contribution is 1.98. The van der Waals surface area contributed by atoms with Crippen LogP contribution in [0, 0.1) is 5.92 Å². The van der Waals surface area contributed by atoms with E-state index in [0.29, 0.717) is 12.5 Å². The fourth-order valence-electron chi connectivity index (χ4n) is 0.904. The molecule has 0 atom stereocenters. The molecule has 0 spiro atoms. The number of carboxylic acids is 1. The van der Waals surface area contributed by atoms with Crippen molar-refractivity contribution in [3.05, 3.63) is 0 Å². The van der Waals surface area contributed by atoms with E-state index in [1.807, 2.05) is 0 Å². The number of carboxylic acid groups (broad SMARTS) is 1. The lowest BCUT2D eigenvalue weighted by atomic mass is 10.1. The topological polar surface area (TPSA) is 92.7 Å². The molecular formula is C9H19NO5S. The zero-order valence-electron chi connectivity index (χ0n) is 9.60. The monoisotopic (exact) mass is 253 g/mol. The summed E-state index contributed by atoms with van der Waals surface area (Å²) >= 11 is 0. The minimum atomic E-state index is -3.71. The highest BCUT2D eigenvalue weighted by Gasteiger charge is 2.14. The molecule has 96 valence electrons. The lowest BCUT2D eigenvalue weighted by Gasteiger charge is -2.07. The zero-order valence-corrected chi connectivity index (χ0v) is 10.4. The molecule has 0 aliphatic rings. The molecule has 0 aromatic rings. The molecule has 0 aliphatic heterocycles.